The van der Waals surface area contributed by atoms with Crippen LogP contribution in [0.25, 0.3) is 0 Å². The lowest BCUT2D eigenvalue weighted by Crippen LogP contribution is -2.28. The molecule has 0 radical (unpaired) electrons. The minimum atomic E-state index is -0.306. The minimum Gasteiger partial charge on any atom is -0.402 e. The fourth-order valence-electron chi connectivity index (χ4n) is 2.64. The molecule has 0 saturated carbocycles. The third-order valence-corrected chi connectivity index (χ3v) is 4.08. The topological polar surface area (TPSA) is 58.7 Å². The maximum absolute atomic E-state index is 12.6. The second-order valence-corrected chi connectivity index (χ2v) is 7.31. The molecule has 1 aromatic carbocycles. The van der Waals surface area contributed by atoms with Gasteiger partial charge in [0.1, 0.15) is 6.04 Å². The Morgan fingerprint density at radius 3 is 2.43 bits per heavy atom. The Hall–Kier alpha value is -2.10. The van der Waals surface area contributed by atoms with Gasteiger partial charge in [-0.3, -0.25) is 9.79 Å². The normalized spacial score (nSPS) is 19.9. The molecule has 0 spiro atoms. The first-order chi connectivity index (χ1) is 10.7. The molecule has 0 aliphatic carbocycles. The van der Waals surface area contributed by atoms with Crippen LogP contribution in [-0.2, 0) is 4.79 Å². The van der Waals surface area contributed by atoms with E-state index in [1.54, 1.807) is 12.3 Å². The van der Waals surface area contributed by atoms with Crippen LogP contribution in [0.4, 0.5) is 5.69 Å². The fraction of sp³-hybridized carbons (Fsp3) is 0.474. The third-order valence-electron chi connectivity index (χ3n) is 4.08. The van der Waals surface area contributed by atoms with Crippen molar-refractivity contribution in [2.24, 2.45) is 16.1 Å². The van der Waals surface area contributed by atoms with Crippen LogP contribution >= 0.6 is 0 Å². The van der Waals surface area contributed by atoms with Crippen LogP contribution in [0, 0.1) is 19.3 Å². The van der Waals surface area contributed by atoms with Crippen LogP contribution in [0.1, 0.15) is 38.3 Å². The predicted molar refractivity (Wildman–Crippen MR) is 96.9 cm³/mol. The molecule has 1 aliphatic rings. The zero-order valence-corrected chi connectivity index (χ0v) is 14.8. The average Bonchev–Trinajstić information content (AvgIpc) is 2.78. The Morgan fingerprint density at radius 1 is 1.26 bits per heavy atom. The van der Waals surface area contributed by atoms with Gasteiger partial charge < -0.3 is 10.6 Å². The van der Waals surface area contributed by atoms with Gasteiger partial charge in [0, 0.05) is 29.6 Å². The van der Waals surface area contributed by atoms with E-state index in [-0.39, 0.29) is 17.4 Å². The lowest BCUT2D eigenvalue weighted by atomic mass is 9.92. The number of nitrogens with two attached hydrogens (primary N) is 1. The van der Waals surface area contributed by atoms with Gasteiger partial charge >= 0.3 is 0 Å². The van der Waals surface area contributed by atoms with E-state index >= 15 is 0 Å². The summed E-state index contributed by atoms with van der Waals surface area (Å²) in [6.07, 6.45) is 4.21. The van der Waals surface area contributed by atoms with E-state index in [1.807, 2.05) is 18.7 Å². The molecular weight excluding hydrogens is 286 g/mol. The standard InChI is InChI=1S/C19H27N3O/c1-13-10-14(2)12-15(11-13)22-9-7-16(18(22)23)21-8-6-17(20)19(3,4)5/h6,8,10-12,16H,7,9,20H2,1-5H3/b17-6-,21-8?. The van der Waals surface area contributed by atoms with Crippen LogP contribution in [0.5, 0.6) is 0 Å². The summed E-state index contributed by atoms with van der Waals surface area (Å²) < 4.78 is 0. The van der Waals surface area contributed by atoms with Crippen molar-refractivity contribution in [3.63, 3.8) is 0 Å². The number of amides is 1. The molecule has 1 fully saturated rings. The van der Waals surface area contributed by atoms with Crippen molar-refractivity contribution >= 4 is 17.8 Å². The highest BCUT2D eigenvalue weighted by Crippen LogP contribution is 2.25. The van der Waals surface area contributed by atoms with Crippen LogP contribution in [-0.4, -0.2) is 24.7 Å². The smallest absolute Gasteiger partial charge is 0.251 e. The van der Waals surface area contributed by atoms with Crippen LogP contribution < -0.4 is 10.6 Å². The van der Waals surface area contributed by atoms with Gasteiger partial charge in [0.25, 0.3) is 5.91 Å². The van der Waals surface area contributed by atoms with Gasteiger partial charge in [0.05, 0.1) is 0 Å². The molecule has 1 aromatic rings. The molecule has 124 valence electrons. The van der Waals surface area contributed by atoms with Crippen molar-refractivity contribution in [1.82, 2.24) is 0 Å². The second kappa shape index (κ2) is 6.57. The summed E-state index contributed by atoms with van der Waals surface area (Å²) in [5, 5.41) is 0. The van der Waals surface area contributed by atoms with E-state index in [2.05, 4.69) is 44.0 Å². The molecule has 2 N–H and O–H groups in total. The summed E-state index contributed by atoms with van der Waals surface area (Å²) in [5.74, 6) is 0.0639. The number of rotatable bonds is 3. The SMILES string of the molecule is Cc1cc(C)cc(N2CCC(N=C/C=C(\N)C(C)(C)C)C2=O)c1. The number of hydrogen-bond acceptors (Lipinski definition) is 3. The van der Waals surface area contributed by atoms with Gasteiger partial charge in [0.2, 0.25) is 0 Å². The van der Waals surface area contributed by atoms with Crippen molar-refractivity contribution < 1.29 is 4.79 Å². The van der Waals surface area contributed by atoms with Crippen molar-refractivity contribution in [2.75, 3.05) is 11.4 Å². The average molecular weight is 313 g/mol. The number of nitrogens with zero attached hydrogens (tertiary/aromatic N) is 2. The molecular formula is C19H27N3O. The number of aliphatic imine (C=N–C) groups is 1. The van der Waals surface area contributed by atoms with Gasteiger partial charge in [-0.05, 0) is 49.6 Å². The van der Waals surface area contributed by atoms with Gasteiger partial charge in [-0.25, -0.2) is 0 Å². The molecule has 4 nitrogen and oxygen atoms in total. The second-order valence-electron chi connectivity index (χ2n) is 7.31. The molecule has 2 rings (SSSR count). The first-order valence-electron chi connectivity index (χ1n) is 8.07. The summed E-state index contributed by atoms with van der Waals surface area (Å²) in [6, 6.07) is 5.91. The summed E-state index contributed by atoms with van der Waals surface area (Å²) in [5.41, 5.74) is 9.97. The number of benzene rings is 1. The molecule has 1 heterocycles. The number of anilines is 1. The molecule has 1 atom stereocenters. The van der Waals surface area contributed by atoms with E-state index in [0.29, 0.717) is 6.54 Å². The number of aryl methyl sites for hydroxylation is 2. The van der Waals surface area contributed by atoms with Gasteiger partial charge in [-0.1, -0.05) is 26.8 Å². The predicted octanol–water partition coefficient (Wildman–Crippen LogP) is 3.37. The van der Waals surface area contributed by atoms with E-state index in [0.717, 1.165) is 17.8 Å². The number of carbonyl (C=O) groups is 1. The van der Waals surface area contributed by atoms with E-state index in [9.17, 15) is 4.79 Å². The Morgan fingerprint density at radius 2 is 1.87 bits per heavy atom. The third kappa shape index (κ3) is 4.21. The maximum Gasteiger partial charge on any atom is 0.251 e. The molecule has 23 heavy (non-hydrogen) atoms. The Bertz CT molecular complexity index is 633. The molecule has 1 saturated heterocycles. The van der Waals surface area contributed by atoms with Crippen LogP contribution in [0.2, 0.25) is 0 Å². The fourth-order valence-corrected chi connectivity index (χ4v) is 2.64. The van der Waals surface area contributed by atoms with E-state index in [4.69, 9.17) is 5.73 Å². The molecule has 0 aromatic heterocycles. The highest BCUT2D eigenvalue weighted by molar-refractivity contribution is 6.00. The van der Waals surface area contributed by atoms with Crippen molar-refractivity contribution in [1.29, 1.82) is 0 Å². The Labute approximate surface area is 139 Å². The Kier molecular flexibility index (Phi) is 4.93. The monoisotopic (exact) mass is 313 g/mol. The molecule has 1 aliphatic heterocycles. The van der Waals surface area contributed by atoms with E-state index < -0.39 is 0 Å². The number of carbonyl (C=O) groups excluding carboxylic acids is 1. The summed E-state index contributed by atoms with van der Waals surface area (Å²) in [7, 11) is 0. The number of hydrogen-bond donors (Lipinski definition) is 1. The van der Waals surface area contributed by atoms with Crippen molar-refractivity contribution in [3.05, 3.63) is 41.1 Å². The Balaban J connectivity index is 2.10. The highest BCUT2D eigenvalue weighted by atomic mass is 16.2. The lowest BCUT2D eigenvalue weighted by Gasteiger charge is -2.18. The maximum atomic E-state index is 12.6. The first kappa shape index (κ1) is 17.3. The van der Waals surface area contributed by atoms with E-state index in [1.165, 1.54) is 11.1 Å². The molecule has 1 amide bonds. The zero-order chi connectivity index (χ0) is 17.2. The molecule has 4 heteroatoms. The quantitative estimate of drug-likeness (QED) is 0.870. The zero-order valence-electron chi connectivity index (χ0n) is 14.8. The summed E-state index contributed by atoms with van der Waals surface area (Å²) in [4.78, 5) is 18.8. The van der Waals surface area contributed by atoms with Gasteiger partial charge in [-0.2, -0.15) is 0 Å². The molecule has 0 bridgehead atoms. The van der Waals surface area contributed by atoms with Gasteiger partial charge in [0.15, 0.2) is 0 Å². The van der Waals surface area contributed by atoms with Crippen molar-refractivity contribution in [3.8, 4) is 0 Å². The summed E-state index contributed by atoms with van der Waals surface area (Å²) >= 11 is 0. The summed E-state index contributed by atoms with van der Waals surface area (Å²) in [6.45, 7) is 11.0. The lowest BCUT2D eigenvalue weighted by molar-refractivity contribution is -0.118. The largest absolute Gasteiger partial charge is 0.402 e. The minimum absolute atomic E-state index is 0.0639. The highest BCUT2D eigenvalue weighted by Gasteiger charge is 2.31. The first-order valence-corrected chi connectivity index (χ1v) is 8.07. The molecule has 1 unspecified atom stereocenters. The van der Waals surface area contributed by atoms with Crippen molar-refractivity contribution in [2.45, 2.75) is 47.1 Å². The van der Waals surface area contributed by atoms with Crippen LogP contribution in [0.15, 0.2) is 35.0 Å². The van der Waals surface area contributed by atoms with Gasteiger partial charge in [-0.15, -0.1) is 0 Å². The van der Waals surface area contributed by atoms with Crippen LogP contribution in [0.3, 0.4) is 0 Å². The number of allylic oxidation sites excluding steroid dienone is 2.